The molecule has 2 saturated carbocycles. The van der Waals surface area contributed by atoms with Crippen LogP contribution in [0, 0.1) is 11.7 Å². The standard InChI is InChI=1S/C20H30FN3O2/c1-20(2,3)26-19(25)23-16-7-9-17(10-8-16)24(13-14-4-5-14)18-11-6-15(21)12-22-18/h6,11-12,14,16-17H,4-5,7-10,13H2,1-3H3,(H,23,25). The largest absolute Gasteiger partial charge is 0.444 e. The summed E-state index contributed by atoms with van der Waals surface area (Å²) >= 11 is 0. The number of pyridine rings is 1. The molecule has 0 spiro atoms. The molecule has 0 unspecified atom stereocenters. The van der Waals surface area contributed by atoms with Crippen LogP contribution in [-0.2, 0) is 4.74 Å². The van der Waals surface area contributed by atoms with Crippen molar-refractivity contribution in [1.29, 1.82) is 0 Å². The number of carbonyl (C=O) groups excluding carboxylic acids is 1. The Morgan fingerprint density at radius 2 is 1.92 bits per heavy atom. The highest BCUT2D eigenvalue weighted by Crippen LogP contribution is 2.34. The molecule has 1 amide bonds. The van der Waals surface area contributed by atoms with Crippen LogP contribution < -0.4 is 10.2 Å². The van der Waals surface area contributed by atoms with E-state index in [4.69, 9.17) is 4.74 Å². The number of hydrogen-bond acceptors (Lipinski definition) is 4. The fourth-order valence-corrected chi connectivity index (χ4v) is 3.55. The molecule has 0 aliphatic heterocycles. The minimum absolute atomic E-state index is 0.157. The van der Waals surface area contributed by atoms with E-state index in [9.17, 15) is 9.18 Å². The van der Waals surface area contributed by atoms with Gasteiger partial charge in [0, 0.05) is 18.6 Å². The van der Waals surface area contributed by atoms with E-state index >= 15 is 0 Å². The Bertz CT molecular complexity index is 602. The van der Waals surface area contributed by atoms with Crippen molar-refractivity contribution in [3.8, 4) is 0 Å². The summed E-state index contributed by atoms with van der Waals surface area (Å²) in [6.07, 6.45) is 7.33. The molecular weight excluding hydrogens is 333 g/mol. The van der Waals surface area contributed by atoms with E-state index in [0.717, 1.165) is 44.0 Å². The predicted octanol–water partition coefficient (Wildman–Crippen LogP) is 4.27. The number of nitrogens with one attached hydrogen (secondary N) is 1. The maximum Gasteiger partial charge on any atom is 0.407 e. The molecule has 26 heavy (non-hydrogen) atoms. The molecule has 0 radical (unpaired) electrons. The number of amides is 1. The number of nitrogens with zero attached hydrogens (tertiary/aromatic N) is 2. The second-order valence-electron chi connectivity index (χ2n) is 8.58. The van der Waals surface area contributed by atoms with Crippen LogP contribution in [0.4, 0.5) is 15.0 Å². The van der Waals surface area contributed by atoms with Crippen molar-refractivity contribution in [2.45, 2.75) is 77.0 Å². The fraction of sp³-hybridized carbons (Fsp3) is 0.700. The van der Waals surface area contributed by atoms with Crippen molar-refractivity contribution in [3.63, 3.8) is 0 Å². The quantitative estimate of drug-likeness (QED) is 0.849. The van der Waals surface area contributed by atoms with Crippen LogP contribution in [0.1, 0.15) is 59.3 Å². The first-order valence-corrected chi connectivity index (χ1v) is 9.68. The van der Waals surface area contributed by atoms with Gasteiger partial charge in [0.15, 0.2) is 0 Å². The third-order valence-electron chi connectivity index (χ3n) is 5.02. The lowest BCUT2D eigenvalue weighted by molar-refractivity contribution is 0.0491. The van der Waals surface area contributed by atoms with Gasteiger partial charge in [-0.2, -0.15) is 0 Å². The van der Waals surface area contributed by atoms with Crippen molar-refractivity contribution in [1.82, 2.24) is 10.3 Å². The molecule has 1 N–H and O–H groups in total. The van der Waals surface area contributed by atoms with Gasteiger partial charge in [-0.05, 0) is 77.3 Å². The number of carbonyl (C=O) groups is 1. The number of hydrogen-bond donors (Lipinski definition) is 1. The van der Waals surface area contributed by atoms with Gasteiger partial charge in [-0.15, -0.1) is 0 Å². The number of halogens is 1. The average Bonchev–Trinajstić information content (AvgIpc) is 3.37. The summed E-state index contributed by atoms with van der Waals surface area (Å²) in [5, 5.41) is 2.99. The summed E-state index contributed by atoms with van der Waals surface area (Å²) in [6.45, 7) is 6.60. The van der Waals surface area contributed by atoms with Crippen molar-refractivity contribution >= 4 is 11.9 Å². The molecule has 0 atom stereocenters. The van der Waals surface area contributed by atoms with Gasteiger partial charge < -0.3 is 15.0 Å². The van der Waals surface area contributed by atoms with Gasteiger partial charge in [0.1, 0.15) is 17.2 Å². The first-order chi connectivity index (χ1) is 12.3. The van der Waals surface area contributed by atoms with Crippen LogP contribution in [0.3, 0.4) is 0 Å². The lowest BCUT2D eigenvalue weighted by Gasteiger charge is -2.38. The molecule has 3 rings (SSSR count). The monoisotopic (exact) mass is 363 g/mol. The normalized spacial score (nSPS) is 23.4. The van der Waals surface area contributed by atoms with Crippen molar-refractivity contribution in [3.05, 3.63) is 24.1 Å². The Morgan fingerprint density at radius 3 is 2.46 bits per heavy atom. The van der Waals surface area contributed by atoms with Crippen molar-refractivity contribution < 1.29 is 13.9 Å². The van der Waals surface area contributed by atoms with Crippen LogP contribution in [0.5, 0.6) is 0 Å². The summed E-state index contributed by atoms with van der Waals surface area (Å²) in [7, 11) is 0. The average molecular weight is 363 g/mol. The second kappa shape index (κ2) is 7.80. The molecule has 6 heteroatoms. The van der Waals surface area contributed by atoms with Crippen LogP contribution in [0.25, 0.3) is 0 Å². The van der Waals surface area contributed by atoms with Gasteiger partial charge in [-0.25, -0.2) is 14.2 Å². The van der Waals surface area contributed by atoms with E-state index in [-0.39, 0.29) is 18.0 Å². The second-order valence-corrected chi connectivity index (χ2v) is 8.58. The molecule has 1 aromatic rings. The Balaban J connectivity index is 1.55. The molecule has 0 saturated heterocycles. The zero-order valence-electron chi connectivity index (χ0n) is 16.0. The molecule has 144 valence electrons. The molecule has 5 nitrogen and oxygen atoms in total. The van der Waals surface area contributed by atoms with Crippen molar-refractivity contribution in [2.24, 2.45) is 5.92 Å². The first-order valence-electron chi connectivity index (χ1n) is 9.68. The fourth-order valence-electron chi connectivity index (χ4n) is 3.55. The summed E-state index contributed by atoms with van der Waals surface area (Å²) in [5.41, 5.74) is -0.476. The van der Waals surface area contributed by atoms with E-state index in [0.29, 0.717) is 6.04 Å². The molecule has 0 aromatic carbocycles. The minimum atomic E-state index is -0.476. The molecule has 2 fully saturated rings. The maximum absolute atomic E-state index is 13.2. The zero-order valence-corrected chi connectivity index (χ0v) is 16.0. The molecule has 1 heterocycles. The number of alkyl carbamates (subject to hydrolysis) is 1. The number of ether oxygens (including phenoxy) is 1. The van der Waals surface area contributed by atoms with Crippen LogP contribution in [0.2, 0.25) is 0 Å². The highest BCUT2D eigenvalue weighted by molar-refractivity contribution is 5.68. The summed E-state index contributed by atoms with van der Waals surface area (Å²) in [5.74, 6) is 1.30. The Hall–Kier alpha value is -1.85. The SMILES string of the molecule is CC(C)(C)OC(=O)NC1CCC(N(CC2CC2)c2ccc(F)cn2)CC1. The summed E-state index contributed by atoms with van der Waals surface area (Å²) in [4.78, 5) is 18.6. The smallest absolute Gasteiger partial charge is 0.407 e. The highest BCUT2D eigenvalue weighted by atomic mass is 19.1. The van der Waals surface area contributed by atoms with Gasteiger partial charge in [-0.1, -0.05) is 0 Å². The van der Waals surface area contributed by atoms with Crippen LogP contribution >= 0.6 is 0 Å². The van der Waals surface area contributed by atoms with Gasteiger partial charge in [0.2, 0.25) is 0 Å². The Kier molecular flexibility index (Phi) is 5.68. The van der Waals surface area contributed by atoms with Crippen LogP contribution in [0.15, 0.2) is 18.3 Å². The molecular formula is C20H30FN3O2. The third kappa shape index (κ3) is 5.58. The lowest BCUT2D eigenvalue weighted by atomic mass is 9.90. The minimum Gasteiger partial charge on any atom is -0.444 e. The third-order valence-corrected chi connectivity index (χ3v) is 5.02. The molecule has 2 aliphatic carbocycles. The van der Waals surface area contributed by atoms with Gasteiger partial charge in [0.05, 0.1) is 6.20 Å². The molecule has 0 bridgehead atoms. The zero-order chi connectivity index (χ0) is 18.7. The van der Waals surface area contributed by atoms with E-state index < -0.39 is 5.60 Å². The highest BCUT2D eigenvalue weighted by Gasteiger charge is 2.32. The number of anilines is 1. The summed E-state index contributed by atoms with van der Waals surface area (Å²) < 4.78 is 18.6. The number of rotatable bonds is 5. The van der Waals surface area contributed by atoms with Gasteiger partial charge >= 0.3 is 6.09 Å². The van der Waals surface area contributed by atoms with Crippen molar-refractivity contribution in [2.75, 3.05) is 11.4 Å². The lowest BCUT2D eigenvalue weighted by Crippen LogP contribution is -2.46. The predicted molar refractivity (Wildman–Crippen MR) is 99.7 cm³/mol. The topological polar surface area (TPSA) is 54.5 Å². The molecule has 1 aromatic heterocycles. The summed E-state index contributed by atoms with van der Waals surface area (Å²) in [6, 6.07) is 3.82. The van der Waals surface area contributed by atoms with E-state index in [1.165, 1.54) is 25.1 Å². The van der Waals surface area contributed by atoms with Gasteiger partial charge in [0.25, 0.3) is 0 Å². The van der Waals surface area contributed by atoms with E-state index in [1.54, 1.807) is 6.07 Å². The maximum atomic E-state index is 13.2. The number of aromatic nitrogens is 1. The Labute approximate surface area is 155 Å². The van der Waals surface area contributed by atoms with Crippen LogP contribution in [-0.4, -0.2) is 35.3 Å². The van der Waals surface area contributed by atoms with Gasteiger partial charge in [-0.3, -0.25) is 0 Å². The Morgan fingerprint density at radius 1 is 1.23 bits per heavy atom. The molecule has 2 aliphatic rings. The van der Waals surface area contributed by atoms with E-state index in [2.05, 4.69) is 15.2 Å². The first kappa shape index (κ1) is 18.9. The van der Waals surface area contributed by atoms with E-state index in [1.807, 2.05) is 20.8 Å².